The summed E-state index contributed by atoms with van der Waals surface area (Å²) in [4.78, 5) is 0. The summed E-state index contributed by atoms with van der Waals surface area (Å²) in [5.41, 5.74) is 5.22. The number of sulfone groups is 1. The maximum atomic E-state index is 14.2. The number of allylic oxidation sites excluding steroid dienone is 1. The highest BCUT2D eigenvalue weighted by molar-refractivity contribution is 9.10. The highest BCUT2D eigenvalue weighted by Gasteiger charge is 2.47. The third-order valence-corrected chi connectivity index (χ3v) is 7.64. The van der Waals surface area contributed by atoms with Crippen molar-refractivity contribution in [1.82, 2.24) is 0 Å². The van der Waals surface area contributed by atoms with Gasteiger partial charge in [-0.3, -0.25) is 0 Å². The van der Waals surface area contributed by atoms with Crippen molar-refractivity contribution in [3.05, 3.63) is 76.0 Å². The smallest absolute Gasteiger partial charge is 0.189 e. The average Bonchev–Trinajstić information content (AvgIpc) is 2.67. The van der Waals surface area contributed by atoms with Crippen LogP contribution in [0, 0.1) is 17.1 Å². The molecule has 2 aromatic rings. The van der Waals surface area contributed by atoms with Gasteiger partial charge in [-0.25, -0.2) is 17.2 Å². The van der Waals surface area contributed by atoms with Crippen LogP contribution in [-0.2, 0) is 15.4 Å². The van der Waals surface area contributed by atoms with Crippen LogP contribution in [0.4, 0.5) is 8.78 Å². The van der Waals surface area contributed by atoms with Crippen LogP contribution < -0.4 is 5.73 Å². The molecule has 0 bridgehead atoms. The van der Waals surface area contributed by atoms with E-state index < -0.39 is 38.4 Å². The summed E-state index contributed by atoms with van der Waals surface area (Å²) in [5.74, 6) is -1.47. The zero-order chi connectivity index (χ0) is 21.7. The lowest BCUT2D eigenvalue weighted by Crippen LogP contribution is -2.49. The number of nitriles is 1. The van der Waals surface area contributed by atoms with Gasteiger partial charge in [0.1, 0.15) is 12.5 Å². The highest BCUT2D eigenvalue weighted by Crippen LogP contribution is 2.32. The average molecular weight is 483 g/mol. The van der Waals surface area contributed by atoms with Crippen LogP contribution in [0.2, 0.25) is 0 Å². The Morgan fingerprint density at radius 2 is 1.90 bits per heavy atom. The second kappa shape index (κ2) is 9.16. The first-order valence-corrected chi connectivity index (χ1v) is 11.2. The van der Waals surface area contributed by atoms with Gasteiger partial charge >= 0.3 is 0 Å². The van der Waals surface area contributed by atoms with Crippen molar-refractivity contribution < 1.29 is 17.2 Å². The minimum atomic E-state index is -4.37. The third kappa shape index (κ3) is 5.30. The van der Waals surface area contributed by atoms with Crippen molar-refractivity contribution >= 4 is 31.8 Å². The largest absolute Gasteiger partial charge is 0.321 e. The van der Waals surface area contributed by atoms with Crippen LogP contribution in [0.15, 0.2) is 59.1 Å². The SMILES string of the molecule is C[C@@](N)(CS(=O)(=O)C(C#N)(CF)C/C=C/c1ccccc1)c1cc(Br)ccc1F. The number of alkyl halides is 1. The van der Waals surface area contributed by atoms with Gasteiger partial charge in [0.15, 0.2) is 14.6 Å². The number of benzene rings is 2. The molecular formula is C21H21BrF2N2O2S. The van der Waals surface area contributed by atoms with E-state index in [1.54, 1.807) is 36.4 Å². The van der Waals surface area contributed by atoms with Crippen molar-refractivity contribution in [2.75, 3.05) is 12.4 Å². The predicted molar refractivity (Wildman–Crippen MR) is 114 cm³/mol. The molecule has 2 atom stereocenters. The Balaban J connectivity index is 2.34. The van der Waals surface area contributed by atoms with Crippen LogP contribution in [0.25, 0.3) is 6.08 Å². The van der Waals surface area contributed by atoms with Gasteiger partial charge in [0.2, 0.25) is 0 Å². The Morgan fingerprint density at radius 1 is 1.24 bits per heavy atom. The second-order valence-corrected chi connectivity index (χ2v) is 10.3. The number of hydrogen-bond acceptors (Lipinski definition) is 4. The molecule has 154 valence electrons. The van der Waals surface area contributed by atoms with Crippen LogP contribution in [0.5, 0.6) is 0 Å². The molecule has 1 unspecified atom stereocenters. The minimum Gasteiger partial charge on any atom is -0.321 e. The molecule has 8 heteroatoms. The number of hydrogen-bond donors (Lipinski definition) is 1. The molecule has 29 heavy (non-hydrogen) atoms. The first kappa shape index (κ1) is 23.2. The molecule has 2 aromatic carbocycles. The fourth-order valence-electron chi connectivity index (χ4n) is 2.91. The van der Waals surface area contributed by atoms with Crippen molar-refractivity contribution in [2.45, 2.75) is 23.6 Å². The summed E-state index contributed by atoms with van der Waals surface area (Å²) in [7, 11) is -4.37. The van der Waals surface area contributed by atoms with E-state index in [0.717, 1.165) is 11.6 Å². The molecule has 0 aliphatic rings. The zero-order valence-corrected chi connectivity index (χ0v) is 18.2. The second-order valence-electron chi connectivity index (χ2n) is 7.06. The van der Waals surface area contributed by atoms with E-state index in [2.05, 4.69) is 15.9 Å². The minimum absolute atomic E-state index is 0.0408. The van der Waals surface area contributed by atoms with Crippen molar-refractivity contribution in [3.63, 3.8) is 0 Å². The molecule has 0 aliphatic heterocycles. The summed E-state index contributed by atoms with van der Waals surface area (Å²) < 4.78 is 52.4. The Morgan fingerprint density at radius 3 is 2.48 bits per heavy atom. The Kier molecular flexibility index (Phi) is 7.33. The lowest BCUT2D eigenvalue weighted by atomic mass is 9.95. The molecule has 0 aliphatic carbocycles. The highest BCUT2D eigenvalue weighted by atomic mass is 79.9. The van der Waals surface area contributed by atoms with E-state index in [4.69, 9.17) is 5.73 Å². The Hall–Kier alpha value is -2.08. The maximum Gasteiger partial charge on any atom is 0.189 e. The molecule has 0 saturated heterocycles. The van der Waals surface area contributed by atoms with Gasteiger partial charge in [-0.15, -0.1) is 0 Å². The molecule has 0 fully saturated rings. The van der Waals surface area contributed by atoms with E-state index in [-0.39, 0.29) is 12.0 Å². The van der Waals surface area contributed by atoms with Gasteiger partial charge < -0.3 is 5.73 Å². The lowest BCUT2D eigenvalue weighted by Gasteiger charge is -2.30. The van der Waals surface area contributed by atoms with Crippen molar-refractivity contribution in [1.29, 1.82) is 5.26 Å². The van der Waals surface area contributed by atoms with Gasteiger partial charge in [-0.05, 0) is 30.7 Å². The van der Waals surface area contributed by atoms with E-state index in [1.165, 1.54) is 25.1 Å². The molecule has 0 heterocycles. The van der Waals surface area contributed by atoms with Gasteiger partial charge in [-0.1, -0.05) is 58.4 Å². The molecule has 2 rings (SSSR count). The first-order valence-electron chi connectivity index (χ1n) is 8.72. The topological polar surface area (TPSA) is 84.0 Å². The van der Waals surface area contributed by atoms with Crippen LogP contribution in [-0.4, -0.2) is 25.6 Å². The van der Waals surface area contributed by atoms with Crippen LogP contribution in [0.3, 0.4) is 0 Å². The lowest BCUT2D eigenvalue weighted by molar-refractivity contribution is 0.415. The molecule has 0 saturated carbocycles. The first-order chi connectivity index (χ1) is 13.6. The molecule has 0 radical (unpaired) electrons. The molecule has 0 spiro atoms. The quantitative estimate of drug-likeness (QED) is 0.599. The zero-order valence-electron chi connectivity index (χ0n) is 15.8. The van der Waals surface area contributed by atoms with E-state index in [0.29, 0.717) is 4.47 Å². The molecule has 0 amide bonds. The normalized spacial score (nSPS) is 16.1. The maximum absolute atomic E-state index is 14.2. The van der Waals surface area contributed by atoms with Crippen molar-refractivity contribution in [3.8, 4) is 6.07 Å². The summed E-state index contributed by atoms with van der Waals surface area (Å²) in [6.45, 7) is -0.0579. The summed E-state index contributed by atoms with van der Waals surface area (Å²) in [5, 5.41) is 9.55. The van der Waals surface area contributed by atoms with Gasteiger partial charge in [0, 0.05) is 16.5 Å². The van der Waals surface area contributed by atoms with Gasteiger partial charge in [0.25, 0.3) is 0 Å². The summed E-state index contributed by atoms with van der Waals surface area (Å²) in [6, 6.07) is 14.6. The Bertz CT molecular complexity index is 1030. The van der Waals surface area contributed by atoms with Crippen LogP contribution >= 0.6 is 15.9 Å². The fraction of sp³-hybridized carbons (Fsp3) is 0.286. The van der Waals surface area contributed by atoms with Gasteiger partial charge in [0.05, 0.1) is 17.4 Å². The van der Waals surface area contributed by atoms with Gasteiger partial charge in [-0.2, -0.15) is 5.26 Å². The summed E-state index contributed by atoms with van der Waals surface area (Å²) >= 11 is 3.20. The Labute approximate surface area is 178 Å². The summed E-state index contributed by atoms with van der Waals surface area (Å²) in [6.07, 6.45) is 2.71. The van der Waals surface area contributed by atoms with Crippen LogP contribution in [0.1, 0.15) is 24.5 Å². The number of nitrogens with two attached hydrogens (primary N) is 1. The van der Waals surface area contributed by atoms with E-state index in [1.807, 2.05) is 6.07 Å². The number of rotatable bonds is 8. The van der Waals surface area contributed by atoms with E-state index in [9.17, 15) is 22.5 Å². The predicted octanol–water partition coefficient (Wildman–Crippen LogP) is 4.51. The monoisotopic (exact) mass is 482 g/mol. The molecule has 2 N–H and O–H groups in total. The number of halogens is 3. The molecule has 0 aromatic heterocycles. The van der Waals surface area contributed by atoms with Crippen molar-refractivity contribution in [2.24, 2.45) is 5.73 Å². The standard InChI is InChI=1S/C21H21BrF2N2O2S/c1-20(26,18-12-17(22)9-10-19(18)24)15-29(27,28)21(13-23,14-25)11-5-8-16-6-3-2-4-7-16/h2-10,12H,11,13,15,26H2,1H3/b8-5+/t20-,21?/m1/s1. The molecule has 4 nitrogen and oxygen atoms in total. The fourth-order valence-corrected chi connectivity index (χ4v) is 5.14. The molecular weight excluding hydrogens is 462 g/mol. The van der Waals surface area contributed by atoms with E-state index >= 15 is 0 Å². The third-order valence-electron chi connectivity index (χ3n) is 4.61. The number of nitrogens with zero attached hydrogens (tertiary/aromatic N) is 1.